The van der Waals surface area contributed by atoms with Crippen molar-refractivity contribution in [3.05, 3.63) is 24.3 Å². The normalized spacial score (nSPS) is 10.6. The molecule has 2 rings (SSSR count). The fraction of sp³-hybridized carbons (Fsp3) is 0.333. The third-order valence-electron chi connectivity index (χ3n) is 2.51. The number of rotatable bonds is 5. The number of ether oxygens (including phenoxy) is 1. The minimum Gasteiger partial charge on any atom is -0.497 e. The Labute approximate surface area is 110 Å². The summed E-state index contributed by atoms with van der Waals surface area (Å²) < 4.78 is 7.18. The molecule has 0 unspecified atom stereocenters. The van der Waals surface area contributed by atoms with Crippen LogP contribution in [-0.4, -0.2) is 34.2 Å². The van der Waals surface area contributed by atoms with Crippen molar-refractivity contribution in [3.8, 4) is 17.1 Å². The molecule has 1 aromatic heterocycles. The minimum absolute atomic E-state index is 0.631. The fourth-order valence-electron chi connectivity index (χ4n) is 1.60. The molecule has 0 fully saturated rings. The SMILES string of the molecule is COc1cccc(-c2nnc(SCCN)n2C)c1. The van der Waals surface area contributed by atoms with E-state index in [-0.39, 0.29) is 0 Å². The molecule has 0 aliphatic rings. The highest BCUT2D eigenvalue weighted by atomic mass is 32.2. The molecule has 0 saturated heterocycles. The summed E-state index contributed by atoms with van der Waals surface area (Å²) in [7, 11) is 3.60. The van der Waals surface area contributed by atoms with Crippen molar-refractivity contribution < 1.29 is 4.74 Å². The number of hydrogen-bond donors (Lipinski definition) is 1. The highest BCUT2D eigenvalue weighted by molar-refractivity contribution is 7.99. The average Bonchev–Trinajstić information content (AvgIpc) is 2.78. The van der Waals surface area contributed by atoms with Crippen LogP contribution >= 0.6 is 11.8 Å². The zero-order valence-electron chi connectivity index (χ0n) is 10.5. The van der Waals surface area contributed by atoms with E-state index >= 15 is 0 Å². The van der Waals surface area contributed by atoms with Crippen LogP contribution < -0.4 is 10.5 Å². The Morgan fingerprint density at radius 2 is 2.22 bits per heavy atom. The van der Waals surface area contributed by atoms with Crippen LogP contribution in [-0.2, 0) is 7.05 Å². The number of methoxy groups -OCH3 is 1. The van der Waals surface area contributed by atoms with E-state index in [4.69, 9.17) is 10.5 Å². The van der Waals surface area contributed by atoms with Gasteiger partial charge in [-0.2, -0.15) is 0 Å². The van der Waals surface area contributed by atoms with Gasteiger partial charge >= 0.3 is 0 Å². The number of aromatic nitrogens is 3. The van der Waals surface area contributed by atoms with Crippen LogP contribution in [0.5, 0.6) is 5.75 Å². The lowest BCUT2D eigenvalue weighted by molar-refractivity contribution is 0.415. The molecule has 2 N–H and O–H groups in total. The van der Waals surface area contributed by atoms with Gasteiger partial charge in [0.05, 0.1) is 7.11 Å². The summed E-state index contributed by atoms with van der Waals surface area (Å²) in [6.07, 6.45) is 0. The van der Waals surface area contributed by atoms with E-state index in [9.17, 15) is 0 Å². The highest BCUT2D eigenvalue weighted by Gasteiger charge is 2.11. The zero-order chi connectivity index (χ0) is 13.0. The van der Waals surface area contributed by atoms with Crippen LogP contribution in [0.1, 0.15) is 0 Å². The third-order valence-corrected chi connectivity index (χ3v) is 3.57. The molecule has 1 aromatic carbocycles. The molecule has 0 aliphatic heterocycles. The van der Waals surface area contributed by atoms with Gasteiger partial charge in [-0.05, 0) is 12.1 Å². The maximum atomic E-state index is 5.49. The molecule has 0 radical (unpaired) electrons. The number of thioether (sulfide) groups is 1. The van der Waals surface area contributed by atoms with Gasteiger partial charge in [-0.15, -0.1) is 10.2 Å². The summed E-state index contributed by atoms with van der Waals surface area (Å²) in [4.78, 5) is 0. The fourth-order valence-corrected chi connectivity index (χ4v) is 2.28. The molecule has 18 heavy (non-hydrogen) atoms. The smallest absolute Gasteiger partial charge is 0.191 e. The minimum atomic E-state index is 0.631. The molecule has 96 valence electrons. The molecule has 0 aliphatic carbocycles. The first-order chi connectivity index (χ1) is 8.76. The Kier molecular flexibility index (Phi) is 4.22. The van der Waals surface area contributed by atoms with Crippen LogP contribution in [0, 0.1) is 0 Å². The van der Waals surface area contributed by atoms with E-state index in [1.54, 1.807) is 18.9 Å². The molecule has 0 atom stereocenters. The van der Waals surface area contributed by atoms with Crippen molar-refractivity contribution in [2.75, 3.05) is 19.4 Å². The average molecular weight is 264 g/mol. The lowest BCUT2D eigenvalue weighted by atomic mass is 10.2. The lowest BCUT2D eigenvalue weighted by Gasteiger charge is -2.05. The Balaban J connectivity index is 2.30. The number of benzene rings is 1. The van der Waals surface area contributed by atoms with Crippen LogP contribution in [0.3, 0.4) is 0 Å². The van der Waals surface area contributed by atoms with Crippen LogP contribution in [0.2, 0.25) is 0 Å². The largest absolute Gasteiger partial charge is 0.497 e. The second-order valence-electron chi connectivity index (χ2n) is 3.73. The first kappa shape index (κ1) is 12.9. The Bertz CT molecular complexity index is 527. The number of nitrogens with two attached hydrogens (primary N) is 1. The summed E-state index contributed by atoms with van der Waals surface area (Å²) in [5.41, 5.74) is 6.48. The Hall–Kier alpha value is -1.53. The molecule has 1 heterocycles. The highest BCUT2D eigenvalue weighted by Crippen LogP contribution is 2.25. The van der Waals surface area contributed by atoms with Gasteiger partial charge in [0.25, 0.3) is 0 Å². The van der Waals surface area contributed by atoms with Gasteiger partial charge in [0.1, 0.15) is 5.75 Å². The second kappa shape index (κ2) is 5.88. The summed E-state index contributed by atoms with van der Waals surface area (Å²) >= 11 is 1.61. The van der Waals surface area contributed by atoms with Crippen molar-refractivity contribution >= 4 is 11.8 Å². The van der Waals surface area contributed by atoms with Crippen LogP contribution in [0.4, 0.5) is 0 Å². The molecular formula is C12H16N4OS. The van der Waals surface area contributed by atoms with Gasteiger partial charge in [0.15, 0.2) is 11.0 Å². The summed E-state index contributed by atoms with van der Waals surface area (Å²) in [5, 5.41) is 9.25. The van der Waals surface area contributed by atoms with E-state index in [1.807, 2.05) is 35.9 Å². The molecule has 0 amide bonds. The van der Waals surface area contributed by atoms with Gasteiger partial charge < -0.3 is 15.0 Å². The van der Waals surface area contributed by atoms with Crippen LogP contribution in [0.15, 0.2) is 29.4 Å². The van der Waals surface area contributed by atoms with Crippen molar-refractivity contribution in [2.45, 2.75) is 5.16 Å². The third kappa shape index (κ3) is 2.65. The van der Waals surface area contributed by atoms with Crippen molar-refractivity contribution in [2.24, 2.45) is 12.8 Å². The van der Waals surface area contributed by atoms with Crippen LogP contribution in [0.25, 0.3) is 11.4 Å². The predicted molar refractivity (Wildman–Crippen MR) is 72.8 cm³/mol. The lowest BCUT2D eigenvalue weighted by Crippen LogP contribution is -2.03. The van der Waals surface area contributed by atoms with E-state index in [1.165, 1.54) is 0 Å². The number of nitrogens with zero attached hydrogens (tertiary/aromatic N) is 3. The van der Waals surface area contributed by atoms with E-state index in [0.717, 1.165) is 28.0 Å². The predicted octanol–water partition coefficient (Wildman–Crippen LogP) is 1.54. The molecule has 0 bridgehead atoms. The van der Waals surface area contributed by atoms with E-state index < -0.39 is 0 Å². The van der Waals surface area contributed by atoms with Crippen molar-refractivity contribution in [3.63, 3.8) is 0 Å². The van der Waals surface area contributed by atoms with Gasteiger partial charge in [0, 0.05) is 24.9 Å². The quantitative estimate of drug-likeness (QED) is 0.830. The monoisotopic (exact) mass is 264 g/mol. The zero-order valence-corrected chi connectivity index (χ0v) is 11.3. The molecule has 0 spiro atoms. The molecule has 0 saturated carbocycles. The van der Waals surface area contributed by atoms with Gasteiger partial charge in [-0.3, -0.25) is 0 Å². The van der Waals surface area contributed by atoms with E-state index in [2.05, 4.69) is 10.2 Å². The number of hydrogen-bond acceptors (Lipinski definition) is 5. The van der Waals surface area contributed by atoms with Crippen molar-refractivity contribution in [1.82, 2.24) is 14.8 Å². The topological polar surface area (TPSA) is 66.0 Å². The summed E-state index contributed by atoms with van der Waals surface area (Å²) in [5.74, 6) is 2.48. The summed E-state index contributed by atoms with van der Waals surface area (Å²) in [6.45, 7) is 0.631. The molecule has 5 nitrogen and oxygen atoms in total. The van der Waals surface area contributed by atoms with Gasteiger partial charge in [-0.1, -0.05) is 23.9 Å². The Morgan fingerprint density at radius 1 is 1.39 bits per heavy atom. The standard InChI is InChI=1S/C12H16N4OS/c1-16-11(14-15-12(16)18-7-6-13)9-4-3-5-10(8-9)17-2/h3-5,8H,6-7,13H2,1-2H3. The summed E-state index contributed by atoms with van der Waals surface area (Å²) in [6, 6.07) is 7.78. The maximum absolute atomic E-state index is 5.49. The maximum Gasteiger partial charge on any atom is 0.191 e. The molecule has 6 heteroatoms. The molecule has 2 aromatic rings. The first-order valence-electron chi connectivity index (χ1n) is 5.63. The Morgan fingerprint density at radius 3 is 2.94 bits per heavy atom. The van der Waals surface area contributed by atoms with Gasteiger partial charge in [0.2, 0.25) is 0 Å². The van der Waals surface area contributed by atoms with Gasteiger partial charge in [-0.25, -0.2) is 0 Å². The first-order valence-corrected chi connectivity index (χ1v) is 6.61. The van der Waals surface area contributed by atoms with Crippen molar-refractivity contribution in [1.29, 1.82) is 0 Å². The second-order valence-corrected chi connectivity index (χ2v) is 4.80. The molecular weight excluding hydrogens is 248 g/mol. The van der Waals surface area contributed by atoms with E-state index in [0.29, 0.717) is 6.54 Å².